The van der Waals surface area contributed by atoms with Gasteiger partial charge in [-0.2, -0.15) is 5.26 Å². The standard InChI is InChI=1S/C12H15N3OS/c13-8-10-1-2-12(11(7-10)9-14)15-3-5-17(16)6-4-15/h1-2,7H,3-6,8,13H2. The molecule has 0 spiro atoms. The first kappa shape index (κ1) is 12.1. The minimum Gasteiger partial charge on any atom is -0.369 e. The van der Waals surface area contributed by atoms with Gasteiger partial charge < -0.3 is 10.6 Å². The van der Waals surface area contributed by atoms with Crippen LogP contribution in [0, 0.1) is 11.3 Å². The summed E-state index contributed by atoms with van der Waals surface area (Å²) in [4.78, 5) is 2.13. The predicted octanol–water partition coefficient (Wildman–Crippen LogP) is 0.586. The summed E-state index contributed by atoms with van der Waals surface area (Å²) in [6, 6.07) is 7.93. The Kier molecular flexibility index (Phi) is 3.77. The van der Waals surface area contributed by atoms with E-state index in [1.165, 1.54) is 0 Å². The van der Waals surface area contributed by atoms with Gasteiger partial charge in [0.1, 0.15) is 6.07 Å². The van der Waals surface area contributed by atoms with Crippen LogP contribution in [-0.4, -0.2) is 28.8 Å². The molecular formula is C12H15N3OS. The summed E-state index contributed by atoms with van der Waals surface area (Å²) in [5.41, 5.74) is 8.11. The number of hydrogen-bond donors (Lipinski definition) is 1. The van der Waals surface area contributed by atoms with E-state index in [9.17, 15) is 4.21 Å². The van der Waals surface area contributed by atoms with Crippen molar-refractivity contribution in [1.82, 2.24) is 0 Å². The molecule has 4 nitrogen and oxygen atoms in total. The van der Waals surface area contributed by atoms with Crippen molar-refractivity contribution in [3.63, 3.8) is 0 Å². The Morgan fingerprint density at radius 1 is 1.41 bits per heavy atom. The Morgan fingerprint density at radius 3 is 2.71 bits per heavy atom. The third-order valence-electron chi connectivity index (χ3n) is 2.94. The molecule has 0 atom stereocenters. The first-order valence-electron chi connectivity index (χ1n) is 5.57. The maximum atomic E-state index is 11.3. The van der Waals surface area contributed by atoms with Gasteiger partial charge in [0.05, 0.1) is 11.3 Å². The molecule has 0 amide bonds. The minimum absolute atomic E-state index is 0.443. The molecule has 0 aliphatic carbocycles. The lowest BCUT2D eigenvalue weighted by molar-refractivity contribution is 0.673. The second kappa shape index (κ2) is 5.30. The molecule has 0 aromatic heterocycles. The molecule has 17 heavy (non-hydrogen) atoms. The van der Waals surface area contributed by atoms with E-state index >= 15 is 0 Å². The normalized spacial score (nSPS) is 16.8. The van der Waals surface area contributed by atoms with Crippen LogP contribution >= 0.6 is 0 Å². The highest BCUT2D eigenvalue weighted by atomic mass is 32.2. The van der Waals surface area contributed by atoms with Crippen LogP contribution in [0.5, 0.6) is 0 Å². The van der Waals surface area contributed by atoms with Crippen molar-refractivity contribution >= 4 is 16.5 Å². The third-order valence-corrected chi connectivity index (χ3v) is 4.21. The number of hydrogen-bond acceptors (Lipinski definition) is 4. The molecule has 2 N–H and O–H groups in total. The average molecular weight is 249 g/mol. The maximum Gasteiger partial charge on any atom is 0.101 e. The Labute approximate surface area is 103 Å². The fourth-order valence-electron chi connectivity index (χ4n) is 1.95. The summed E-state index contributed by atoms with van der Waals surface area (Å²) in [5, 5.41) is 9.14. The van der Waals surface area contributed by atoms with Crippen molar-refractivity contribution < 1.29 is 4.21 Å². The summed E-state index contributed by atoms with van der Waals surface area (Å²) in [7, 11) is -0.694. The van der Waals surface area contributed by atoms with E-state index in [2.05, 4.69) is 11.0 Å². The van der Waals surface area contributed by atoms with Gasteiger partial charge in [0.2, 0.25) is 0 Å². The zero-order valence-electron chi connectivity index (χ0n) is 9.56. The lowest BCUT2D eigenvalue weighted by atomic mass is 10.1. The van der Waals surface area contributed by atoms with Gasteiger partial charge in [0.25, 0.3) is 0 Å². The van der Waals surface area contributed by atoms with E-state index in [1.54, 1.807) is 0 Å². The molecule has 1 fully saturated rings. The lowest BCUT2D eigenvalue weighted by Crippen LogP contribution is -2.38. The van der Waals surface area contributed by atoms with Gasteiger partial charge in [-0.05, 0) is 17.7 Å². The number of nitriles is 1. The summed E-state index contributed by atoms with van der Waals surface area (Å²) < 4.78 is 11.3. The molecule has 1 saturated heterocycles. The quantitative estimate of drug-likeness (QED) is 0.832. The van der Waals surface area contributed by atoms with Crippen LogP contribution in [0.4, 0.5) is 5.69 Å². The number of rotatable bonds is 2. The molecule has 0 radical (unpaired) electrons. The molecule has 1 heterocycles. The van der Waals surface area contributed by atoms with Crippen molar-refractivity contribution in [2.45, 2.75) is 6.54 Å². The van der Waals surface area contributed by atoms with Crippen LogP contribution < -0.4 is 10.6 Å². The molecule has 0 bridgehead atoms. The zero-order chi connectivity index (χ0) is 12.3. The average Bonchev–Trinajstić information content (AvgIpc) is 2.39. The van der Waals surface area contributed by atoms with E-state index < -0.39 is 10.8 Å². The molecule has 1 aliphatic rings. The molecule has 1 aliphatic heterocycles. The smallest absolute Gasteiger partial charge is 0.101 e. The van der Waals surface area contributed by atoms with Crippen molar-refractivity contribution in [3.8, 4) is 6.07 Å². The van der Waals surface area contributed by atoms with Gasteiger partial charge in [-0.25, -0.2) is 0 Å². The highest BCUT2D eigenvalue weighted by Crippen LogP contribution is 2.22. The van der Waals surface area contributed by atoms with Gasteiger partial charge in [-0.1, -0.05) is 6.07 Å². The summed E-state index contributed by atoms with van der Waals surface area (Å²) in [6.45, 7) is 1.95. The van der Waals surface area contributed by atoms with Crippen LogP contribution in [0.1, 0.15) is 11.1 Å². The fraction of sp³-hybridized carbons (Fsp3) is 0.417. The summed E-state index contributed by atoms with van der Waals surface area (Å²) >= 11 is 0. The van der Waals surface area contributed by atoms with Crippen molar-refractivity contribution in [3.05, 3.63) is 29.3 Å². The Balaban J connectivity index is 2.26. The fourth-order valence-corrected chi connectivity index (χ4v) is 3.01. The van der Waals surface area contributed by atoms with Crippen LogP contribution in [0.2, 0.25) is 0 Å². The van der Waals surface area contributed by atoms with E-state index in [0.29, 0.717) is 23.6 Å². The Hall–Kier alpha value is -1.38. The number of anilines is 1. The van der Waals surface area contributed by atoms with Gasteiger partial charge in [0.15, 0.2) is 0 Å². The maximum absolute atomic E-state index is 11.3. The first-order chi connectivity index (χ1) is 8.24. The van der Waals surface area contributed by atoms with Crippen LogP contribution in [0.15, 0.2) is 18.2 Å². The number of nitrogens with two attached hydrogens (primary N) is 1. The van der Waals surface area contributed by atoms with E-state index in [0.717, 1.165) is 24.3 Å². The second-order valence-electron chi connectivity index (χ2n) is 4.00. The van der Waals surface area contributed by atoms with Crippen LogP contribution in [-0.2, 0) is 17.3 Å². The van der Waals surface area contributed by atoms with Gasteiger partial charge >= 0.3 is 0 Å². The monoisotopic (exact) mass is 249 g/mol. The molecule has 0 saturated carbocycles. The van der Waals surface area contributed by atoms with E-state index in [-0.39, 0.29) is 0 Å². The predicted molar refractivity (Wildman–Crippen MR) is 69.1 cm³/mol. The second-order valence-corrected chi connectivity index (χ2v) is 5.70. The Morgan fingerprint density at radius 2 is 2.12 bits per heavy atom. The summed E-state index contributed by atoms with van der Waals surface area (Å²) in [5.74, 6) is 1.37. The molecule has 2 rings (SSSR count). The molecule has 90 valence electrons. The van der Waals surface area contributed by atoms with Crippen LogP contribution in [0.3, 0.4) is 0 Å². The molecule has 1 aromatic rings. The SMILES string of the molecule is N#Cc1cc(CN)ccc1N1CCS(=O)CC1. The topological polar surface area (TPSA) is 70.1 Å². The molecule has 5 heteroatoms. The van der Waals surface area contributed by atoms with E-state index in [1.807, 2.05) is 18.2 Å². The largest absolute Gasteiger partial charge is 0.369 e. The minimum atomic E-state index is -0.694. The van der Waals surface area contributed by atoms with Crippen LogP contribution in [0.25, 0.3) is 0 Å². The van der Waals surface area contributed by atoms with Crippen molar-refractivity contribution in [2.75, 3.05) is 29.5 Å². The molecule has 0 unspecified atom stereocenters. The van der Waals surface area contributed by atoms with E-state index in [4.69, 9.17) is 11.0 Å². The molecular weight excluding hydrogens is 234 g/mol. The lowest BCUT2D eigenvalue weighted by Gasteiger charge is -2.29. The Bertz CT molecular complexity index is 471. The highest BCUT2D eigenvalue weighted by Gasteiger charge is 2.18. The molecule has 1 aromatic carbocycles. The van der Waals surface area contributed by atoms with Crippen molar-refractivity contribution in [1.29, 1.82) is 5.26 Å². The van der Waals surface area contributed by atoms with Gasteiger partial charge in [0, 0.05) is 41.9 Å². The van der Waals surface area contributed by atoms with Crippen molar-refractivity contribution in [2.24, 2.45) is 5.73 Å². The summed E-state index contributed by atoms with van der Waals surface area (Å²) in [6.07, 6.45) is 0. The van der Waals surface area contributed by atoms with Gasteiger partial charge in [-0.15, -0.1) is 0 Å². The number of nitrogens with zero attached hydrogens (tertiary/aromatic N) is 2. The third kappa shape index (κ3) is 2.65. The number of benzene rings is 1. The zero-order valence-corrected chi connectivity index (χ0v) is 10.4. The first-order valence-corrected chi connectivity index (χ1v) is 7.06. The van der Waals surface area contributed by atoms with Gasteiger partial charge in [-0.3, -0.25) is 4.21 Å². The highest BCUT2D eigenvalue weighted by molar-refractivity contribution is 7.85.